The van der Waals surface area contributed by atoms with Crippen molar-refractivity contribution in [1.29, 1.82) is 0 Å². The summed E-state index contributed by atoms with van der Waals surface area (Å²) in [4.78, 5) is 10.9. The molecule has 2 aliphatic carbocycles. The molecule has 0 aromatic rings. The van der Waals surface area contributed by atoms with Crippen LogP contribution in [0.5, 0.6) is 0 Å². The van der Waals surface area contributed by atoms with Crippen molar-refractivity contribution in [2.24, 2.45) is 17.8 Å². The molecule has 1 saturated carbocycles. The molecule has 0 saturated heterocycles. The lowest BCUT2D eigenvalue weighted by Crippen LogP contribution is -2.30. The Kier molecular flexibility index (Phi) is 3.62. The van der Waals surface area contributed by atoms with Gasteiger partial charge in [-0.25, -0.2) is 4.79 Å². The number of carboxylic acids is 1. The van der Waals surface area contributed by atoms with Gasteiger partial charge < -0.3 is 10.2 Å². The average molecular weight is 250 g/mol. The van der Waals surface area contributed by atoms with Crippen molar-refractivity contribution >= 4 is 5.97 Å². The Bertz CT molecular complexity index is 419. The van der Waals surface area contributed by atoms with E-state index in [1.807, 2.05) is 6.08 Å². The normalized spacial score (nSPS) is 36.8. The number of hydrogen-bond acceptors (Lipinski definition) is 2. The van der Waals surface area contributed by atoms with Gasteiger partial charge in [0.2, 0.25) is 0 Å². The fraction of sp³-hybridized carbons (Fsp3) is 0.667. The van der Waals surface area contributed by atoms with Crippen LogP contribution in [-0.4, -0.2) is 22.3 Å². The molecular weight excluding hydrogens is 228 g/mol. The Hall–Kier alpha value is -1.09. The highest BCUT2D eigenvalue weighted by Crippen LogP contribution is 2.48. The van der Waals surface area contributed by atoms with Gasteiger partial charge in [0.15, 0.2) is 0 Å². The van der Waals surface area contributed by atoms with Crippen molar-refractivity contribution in [3.8, 4) is 0 Å². The summed E-state index contributed by atoms with van der Waals surface area (Å²) in [5.74, 6) is 0.102. The van der Waals surface area contributed by atoms with Crippen LogP contribution in [0.3, 0.4) is 0 Å². The highest BCUT2D eigenvalue weighted by molar-refractivity contribution is 5.85. The molecule has 100 valence electrons. The van der Waals surface area contributed by atoms with E-state index in [-0.39, 0.29) is 17.9 Å². The minimum atomic E-state index is -0.845. The van der Waals surface area contributed by atoms with E-state index in [4.69, 9.17) is 5.11 Å². The number of allylic oxidation sites excluding steroid dienone is 1. The zero-order chi connectivity index (χ0) is 13.4. The molecule has 0 spiro atoms. The molecule has 0 aromatic heterocycles. The third-order valence-corrected chi connectivity index (χ3v) is 4.52. The summed E-state index contributed by atoms with van der Waals surface area (Å²) in [5, 5.41) is 19.1. The minimum Gasteiger partial charge on any atom is -0.478 e. The summed E-state index contributed by atoms with van der Waals surface area (Å²) < 4.78 is 0. The van der Waals surface area contributed by atoms with Crippen LogP contribution in [0.25, 0.3) is 0 Å². The summed E-state index contributed by atoms with van der Waals surface area (Å²) in [6.07, 6.45) is 4.42. The van der Waals surface area contributed by atoms with Gasteiger partial charge in [0.1, 0.15) is 0 Å². The van der Waals surface area contributed by atoms with Crippen molar-refractivity contribution < 1.29 is 15.0 Å². The van der Waals surface area contributed by atoms with Crippen LogP contribution in [0.4, 0.5) is 0 Å². The van der Waals surface area contributed by atoms with E-state index in [0.29, 0.717) is 11.5 Å². The van der Waals surface area contributed by atoms with Crippen molar-refractivity contribution in [1.82, 2.24) is 0 Å². The second-order valence-electron chi connectivity index (χ2n) is 5.85. The third kappa shape index (κ3) is 2.24. The van der Waals surface area contributed by atoms with E-state index < -0.39 is 5.97 Å². The van der Waals surface area contributed by atoms with Gasteiger partial charge in [-0.1, -0.05) is 24.1 Å². The molecule has 3 nitrogen and oxygen atoms in total. The Morgan fingerprint density at radius 3 is 2.67 bits per heavy atom. The number of carboxylic acid groups (broad SMARTS) is 1. The molecule has 3 heteroatoms. The maximum absolute atomic E-state index is 10.9. The first-order valence-corrected chi connectivity index (χ1v) is 6.71. The zero-order valence-corrected chi connectivity index (χ0v) is 11.3. The first-order valence-electron chi connectivity index (χ1n) is 6.71. The van der Waals surface area contributed by atoms with Gasteiger partial charge in [-0.15, -0.1) is 0 Å². The Morgan fingerprint density at radius 2 is 2.06 bits per heavy atom. The molecule has 2 rings (SSSR count). The monoisotopic (exact) mass is 250 g/mol. The predicted molar refractivity (Wildman–Crippen MR) is 70.1 cm³/mol. The molecule has 0 radical (unpaired) electrons. The second kappa shape index (κ2) is 4.88. The van der Waals surface area contributed by atoms with E-state index in [0.717, 1.165) is 19.3 Å². The summed E-state index contributed by atoms with van der Waals surface area (Å²) in [6.45, 7) is 5.92. The van der Waals surface area contributed by atoms with Crippen LogP contribution in [0.2, 0.25) is 0 Å². The van der Waals surface area contributed by atoms with Gasteiger partial charge >= 0.3 is 5.97 Å². The lowest BCUT2D eigenvalue weighted by Gasteiger charge is -2.35. The highest BCUT2D eigenvalue weighted by atomic mass is 16.4. The van der Waals surface area contributed by atoms with Gasteiger partial charge in [-0.3, -0.25) is 0 Å². The minimum absolute atomic E-state index is 0.208. The van der Waals surface area contributed by atoms with Crippen molar-refractivity contribution in [3.63, 3.8) is 0 Å². The molecule has 0 aliphatic heterocycles. The van der Waals surface area contributed by atoms with E-state index >= 15 is 0 Å². The first kappa shape index (κ1) is 13.3. The SMILES string of the molecule is CC1=C2[C@H]([C@@H](C)CC[C@H]2/C=C(\C)C(=O)O)[C@@H](O)C1. The van der Waals surface area contributed by atoms with Crippen molar-refractivity contribution in [3.05, 3.63) is 22.8 Å². The lowest BCUT2D eigenvalue weighted by atomic mass is 9.70. The van der Waals surface area contributed by atoms with Crippen LogP contribution in [0, 0.1) is 17.8 Å². The Labute approximate surface area is 108 Å². The maximum Gasteiger partial charge on any atom is 0.330 e. The molecule has 18 heavy (non-hydrogen) atoms. The molecule has 0 heterocycles. The topological polar surface area (TPSA) is 57.5 Å². The maximum atomic E-state index is 10.9. The number of aliphatic carboxylic acids is 1. The summed E-state index contributed by atoms with van der Waals surface area (Å²) in [5.41, 5.74) is 2.98. The largest absolute Gasteiger partial charge is 0.478 e. The van der Waals surface area contributed by atoms with Crippen LogP contribution in [0.1, 0.15) is 40.0 Å². The number of aliphatic hydroxyl groups excluding tert-OH is 1. The molecule has 0 bridgehead atoms. The van der Waals surface area contributed by atoms with Crippen LogP contribution in [-0.2, 0) is 4.79 Å². The third-order valence-electron chi connectivity index (χ3n) is 4.52. The molecule has 0 amide bonds. The fourth-order valence-electron chi connectivity index (χ4n) is 3.62. The van der Waals surface area contributed by atoms with E-state index in [9.17, 15) is 9.90 Å². The van der Waals surface area contributed by atoms with Gasteiger partial charge in [-0.2, -0.15) is 0 Å². The molecular formula is C15H22O3. The second-order valence-corrected chi connectivity index (χ2v) is 5.85. The quantitative estimate of drug-likeness (QED) is 0.585. The summed E-state index contributed by atoms with van der Waals surface area (Å²) >= 11 is 0. The van der Waals surface area contributed by atoms with Crippen molar-refractivity contribution in [2.45, 2.75) is 46.1 Å². The van der Waals surface area contributed by atoms with E-state index in [1.54, 1.807) is 6.92 Å². The molecule has 0 aromatic carbocycles. The Morgan fingerprint density at radius 1 is 1.39 bits per heavy atom. The predicted octanol–water partition coefficient (Wildman–Crippen LogP) is 2.76. The van der Waals surface area contributed by atoms with Gasteiger partial charge in [0.25, 0.3) is 0 Å². The first-order chi connectivity index (χ1) is 8.41. The molecule has 0 unspecified atom stereocenters. The molecule has 2 N–H and O–H groups in total. The molecule has 4 atom stereocenters. The van der Waals surface area contributed by atoms with E-state index in [1.165, 1.54) is 11.1 Å². The molecule has 1 fully saturated rings. The molecule has 2 aliphatic rings. The standard InChI is InChI=1S/C15H22O3/c1-8-4-5-11(6-10(3)15(17)18)13-9(2)7-12(16)14(8)13/h6,8,11-12,14,16H,4-5,7H2,1-3H3,(H,17,18)/b10-6+/t8-,11-,12-,14+/m0/s1. The van der Waals surface area contributed by atoms with Crippen molar-refractivity contribution in [2.75, 3.05) is 0 Å². The highest BCUT2D eigenvalue weighted by Gasteiger charge is 2.41. The smallest absolute Gasteiger partial charge is 0.330 e. The Balaban J connectivity index is 2.31. The number of carbonyl (C=O) groups is 1. The average Bonchev–Trinajstić information content (AvgIpc) is 2.59. The van der Waals surface area contributed by atoms with Gasteiger partial charge in [0, 0.05) is 11.5 Å². The van der Waals surface area contributed by atoms with Crippen LogP contribution < -0.4 is 0 Å². The van der Waals surface area contributed by atoms with Gasteiger partial charge in [0.05, 0.1) is 6.10 Å². The van der Waals surface area contributed by atoms with E-state index in [2.05, 4.69) is 13.8 Å². The zero-order valence-electron chi connectivity index (χ0n) is 11.3. The van der Waals surface area contributed by atoms with Crippen LogP contribution >= 0.6 is 0 Å². The van der Waals surface area contributed by atoms with Gasteiger partial charge in [-0.05, 0) is 44.9 Å². The summed E-state index contributed by atoms with van der Waals surface area (Å²) in [6, 6.07) is 0. The number of rotatable bonds is 2. The number of aliphatic hydroxyl groups is 1. The number of hydrogen-bond donors (Lipinski definition) is 2. The fourth-order valence-corrected chi connectivity index (χ4v) is 3.62. The lowest BCUT2D eigenvalue weighted by molar-refractivity contribution is -0.132. The van der Waals surface area contributed by atoms with Crippen LogP contribution in [0.15, 0.2) is 22.8 Å². The summed E-state index contributed by atoms with van der Waals surface area (Å²) in [7, 11) is 0. The number of fused-ring (bicyclic) bond motifs is 1.